The van der Waals surface area contributed by atoms with Gasteiger partial charge in [0.15, 0.2) is 0 Å². The molecule has 3 rings (SSSR count). The second-order valence-electron chi connectivity index (χ2n) is 5.56. The zero-order valence-corrected chi connectivity index (χ0v) is 15.0. The lowest BCUT2D eigenvalue weighted by Crippen LogP contribution is -2.12. The molecule has 0 aliphatic heterocycles. The zero-order chi connectivity index (χ0) is 16.9. The minimum absolute atomic E-state index is 0.108. The number of halogens is 1. The van der Waals surface area contributed by atoms with E-state index in [0.29, 0.717) is 12.5 Å². The fraction of sp³-hybridized carbons (Fsp3) is 0.158. The van der Waals surface area contributed by atoms with Crippen LogP contribution >= 0.6 is 15.9 Å². The molecule has 0 aliphatic rings. The second-order valence-corrected chi connectivity index (χ2v) is 6.47. The zero-order valence-electron chi connectivity index (χ0n) is 13.4. The Hall–Kier alpha value is -2.24. The van der Waals surface area contributed by atoms with E-state index in [0.717, 1.165) is 21.4 Å². The van der Waals surface area contributed by atoms with Crippen molar-refractivity contribution in [2.45, 2.75) is 19.5 Å². The summed E-state index contributed by atoms with van der Waals surface area (Å²) in [5, 5.41) is 3.37. The third-order valence-electron chi connectivity index (χ3n) is 3.77. The standard InChI is InChI=1S/C19H19BrN4/c1-13(14-5-3-2-4-6-14)22-19-23-17(12-21)11-18(24-19)15-7-9-16(20)10-8-15/h2-11,13H,12,21H2,1H3,(H,22,23,24). The predicted octanol–water partition coefficient (Wildman–Crippen LogP) is 4.54. The molecule has 5 heteroatoms. The van der Waals surface area contributed by atoms with Crippen LogP contribution in [-0.2, 0) is 6.54 Å². The van der Waals surface area contributed by atoms with Gasteiger partial charge in [-0.1, -0.05) is 58.4 Å². The molecule has 4 nitrogen and oxygen atoms in total. The Morgan fingerprint density at radius 1 is 1.04 bits per heavy atom. The fourth-order valence-corrected chi connectivity index (χ4v) is 2.72. The summed E-state index contributed by atoms with van der Waals surface area (Å²) in [5.74, 6) is 0.590. The molecule has 0 spiro atoms. The molecule has 3 N–H and O–H groups in total. The minimum atomic E-state index is 0.108. The lowest BCUT2D eigenvalue weighted by atomic mass is 10.1. The Morgan fingerprint density at radius 2 is 1.75 bits per heavy atom. The molecule has 0 amide bonds. The van der Waals surface area contributed by atoms with Crippen LogP contribution in [0.3, 0.4) is 0 Å². The van der Waals surface area contributed by atoms with Crippen molar-refractivity contribution >= 4 is 21.9 Å². The molecule has 0 fully saturated rings. The largest absolute Gasteiger partial charge is 0.348 e. The van der Waals surface area contributed by atoms with Crippen molar-refractivity contribution in [1.29, 1.82) is 0 Å². The molecule has 0 saturated heterocycles. The van der Waals surface area contributed by atoms with Gasteiger partial charge in [0.2, 0.25) is 5.95 Å². The van der Waals surface area contributed by atoms with E-state index >= 15 is 0 Å². The molecule has 1 unspecified atom stereocenters. The smallest absolute Gasteiger partial charge is 0.223 e. The minimum Gasteiger partial charge on any atom is -0.348 e. The Bertz CT molecular complexity index is 803. The van der Waals surface area contributed by atoms with Crippen LogP contribution in [0.4, 0.5) is 5.95 Å². The number of benzene rings is 2. The first-order valence-electron chi connectivity index (χ1n) is 7.81. The number of rotatable bonds is 5. The van der Waals surface area contributed by atoms with Gasteiger partial charge in [0.05, 0.1) is 17.4 Å². The first-order chi connectivity index (χ1) is 11.7. The number of nitrogens with zero attached hydrogens (tertiary/aromatic N) is 2. The van der Waals surface area contributed by atoms with Gasteiger partial charge in [0.1, 0.15) is 0 Å². The Labute approximate surface area is 150 Å². The van der Waals surface area contributed by atoms with Crippen LogP contribution in [0.5, 0.6) is 0 Å². The van der Waals surface area contributed by atoms with E-state index in [-0.39, 0.29) is 6.04 Å². The summed E-state index contributed by atoms with van der Waals surface area (Å²) in [4.78, 5) is 9.16. The number of nitrogens with one attached hydrogen (secondary N) is 1. The van der Waals surface area contributed by atoms with Gasteiger partial charge in [-0.15, -0.1) is 0 Å². The van der Waals surface area contributed by atoms with Crippen molar-refractivity contribution in [2.75, 3.05) is 5.32 Å². The summed E-state index contributed by atoms with van der Waals surface area (Å²) in [7, 11) is 0. The monoisotopic (exact) mass is 382 g/mol. The summed E-state index contributed by atoms with van der Waals surface area (Å²) < 4.78 is 1.04. The number of hydrogen-bond donors (Lipinski definition) is 2. The third-order valence-corrected chi connectivity index (χ3v) is 4.30. The average molecular weight is 383 g/mol. The highest BCUT2D eigenvalue weighted by Gasteiger charge is 2.10. The second kappa shape index (κ2) is 7.55. The van der Waals surface area contributed by atoms with Gasteiger partial charge in [0, 0.05) is 16.6 Å². The van der Waals surface area contributed by atoms with E-state index in [1.807, 2.05) is 48.5 Å². The number of anilines is 1. The van der Waals surface area contributed by atoms with Crippen molar-refractivity contribution in [3.63, 3.8) is 0 Å². The molecule has 1 heterocycles. The maximum atomic E-state index is 5.81. The fourth-order valence-electron chi connectivity index (χ4n) is 2.45. The van der Waals surface area contributed by atoms with Gasteiger partial charge >= 0.3 is 0 Å². The van der Waals surface area contributed by atoms with E-state index in [1.54, 1.807) is 0 Å². The van der Waals surface area contributed by atoms with Crippen LogP contribution in [0.1, 0.15) is 24.2 Å². The summed E-state index contributed by atoms with van der Waals surface area (Å²) in [6, 6.07) is 20.3. The van der Waals surface area contributed by atoms with E-state index in [2.05, 4.69) is 50.3 Å². The van der Waals surface area contributed by atoms with Crippen molar-refractivity contribution in [1.82, 2.24) is 9.97 Å². The van der Waals surface area contributed by atoms with Gasteiger partial charge in [-0.3, -0.25) is 0 Å². The number of aromatic nitrogens is 2. The topological polar surface area (TPSA) is 63.8 Å². The number of hydrogen-bond acceptors (Lipinski definition) is 4. The lowest BCUT2D eigenvalue weighted by molar-refractivity contribution is 0.850. The SMILES string of the molecule is CC(Nc1nc(CN)cc(-c2ccc(Br)cc2)n1)c1ccccc1. The first kappa shape index (κ1) is 16.6. The van der Waals surface area contributed by atoms with Crippen molar-refractivity contribution in [2.24, 2.45) is 5.73 Å². The number of nitrogens with two attached hydrogens (primary N) is 1. The first-order valence-corrected chi connectivity index (χ1v) is 8.60. The Morgan fingerprint density at radius 3 is 2.42 bits per heavy atom. The molecule has 0 saturated carbocycles. The molecule has 1 atom stereocenters. The maximum absolute atomic E-state index is 5.81. The lowest BCUT2D eigenvalue weighted by Gasteiger charge is -2.15. The van der Waals surface area contributed by atoms with Gasteiger partial charge in [-0.25, -0.2) is 9.97 Å². The molecule has 3 aromatic rings. The van der Waals surface area contributed by atoms with E-state index in [1.165, 1.54) is 5.56 Å². The Balaban J connectivity index is 1.90. The summed E-state index contributed by atoms with van der Waals surface area (Å²) in [5.41, 5.74) is 9.70. The molecule has 0 bridgehead atoms. The normalized spacial score (nSPS) is 12.0. The van der Waals surface area contributed by atoms with Gasteiger partial charge < -0.3 is 11.1 Å². The molecular formula is C19H19BrN4. The third kappa shape index (κ3) is 3.99. The molecule has 1 aromatic heterocycles. The maximum Gasteiger partial charge on any atom is 0.223 e. The highest BCUT2D eigenvalue weighted by Crippen LogP contribution is 2.23. The van der Waals surface area contributed by atoms with E-state index in [4.69, 9.17) is 5.73 Å². The van der Waals surface area contributed by atoms with Crippen LogP contribution in [0.2, 0.25) is 0 Å². The van der Waals surface area contributed by atoms with Gasteiger partial charge in [-0.05, 0) is 30.7 Å². The summed E-state index contributed by atoms with van der Waals surface area (Å²) in [6.45, 7) is 2.47. The Kier molecular flexibility index (Phi) is 5.23. The molecule has 122 valence electrons. The molecule has 0 aliphatic carbocycles. The van der Waals surface area contributed by atoms with Crippen LogP contribution < -0.4 is 11.1 Å². The summed E-state index contributed by atoms with van der Waals surface area (Å²) in [6.07, 6.45) is 0. The van der Waals surface area contributed by atoms with E-state index < -0.39 is 0 Å². The molecule has 24 heavy (non-hydrogen) atoms. The average Bonchev–Trinajstić information content (AvgIpc) is 2.62. The molecule has 0 radical (unpaired) electrons. The predicted molar refractivity (Wildman–Crippen MR) is 102 cm³/mol. The van der Waals surface area contributed by atoms with E-state index in [9.17, 15) is 0 Å². The highest BCUT2D eigenvalue weighted by atomic mass is 79.9. The molecule has 2 aromatic carbocycles. The highest BCUT2D eigenvalue weighted by molar-refractivity contribution is 9.10. The molecular weight excluding hydrogens is 364 g/mol. The summed E-state index contributed by atoms with van der Waals surface area (Å²) >= 11 is 3.45. The van der Waals surface area contributed by atoms with Crippen LogP contribution in [-0.4, -0.2) is 9.97 Å². The van der Waals surface area contributed by atoms with Crippen molar-refractivity contribution < 1.29 is 0 Å². The van der Waals surface area contributed by atoms with Gasteiger partial charge in [0.25, 0.3) is 0 Å². The van der Waals surface area contributed by atoms with Crippen molar-refractivity contribution in [3.05, 3.63) is 76.4 Å². The van der Waals surface area contributed by atoms with Crippen molar-refractivity contribution in [3.8, 4) is 11.3 Å². The van der Waals surface area contributed by atoms with Crippen LogP contribution in [0.15, 0.2) is 65.1 Å². The van der Waals surface area contributed by atoms with Crippen LogP contribution in [0, 0.1) is 0 Å². The van der Waals surface area contributed by atoms with Gasteiger partial charge in [-0.2, -0.15) is 0 Å². The van der Waals surface area contributed by atoms with Crippen LogP contribution in [0.25, 0.3) is 11.3 Å². The quantitative estimate of drug-likeness (QED) is 0.679.